The number of benzene rings is 18. The van der Waals surface area contributed by atoms with E-state index in [0.29, 0.717) is 0 Å². The number of hydrogen-bond donors (Lipinski definition) is 2. The van der Waals surface area contributed by atoms with E-state index in [1.54, 1.807) is 0 Å². The molecule has 18 aromatic rings. The Labute approximate surface area is 780 Å². The number of halogens is 4. The SMILES string of the molecule is Brc1ccc(C(c2ccc(Br)cc2)(c2ccc(Br)cc2)c2ccc(Br)cc2)cc1.C(=C(c1ccccc1)c1ccccc1)c1ccc(C(c2ccc(C=C(c3ccccc3)c3ccccc3)cc2)(c2ccc(C=C(c3ccccc3)c3ccccc3)cc2)c2ccc(C=C(c3ccccc3)c3ccccc3)cc2)cc1.OB(O)C=C(c1ccccc1)c1ccccc1. The molecule has 0 saturated carbocycles. The fraction of sp³-hybridized carbons (Fsp3) is 0.0167. The van der Waals surface area contributed by atoms with Crippen molar-refractivity contribution in [1.82, 2.24) is 0 Å². The molecule has 2 N–H and O–H groups in total. The Hall–Kier alpha value is -13.4. The van der Waals surface area contributed by atoms with Gasteiger partial charge in [0.25, 0.3) is 0 Å². The molecule has 0 aliphatic rings. The van der Waals surface area contributed by atoms with Crippen LogP contribution < -0.4 is 0 Å². The topological polar surface area (TPSA) is 40.5 Å². The first-order valence-electron chi connectivity index (χ1n) is 42.4. The molecule has 0 saturated heterocycles. The smallest absolute Gasteiger partial charge is 0.424 e. The van der Waals surface area contributed by atoms with E-state index in [-0.39, 0.29) is 0 Å². The van der Waals surface area contributed by atoms with Gasteiger partial charge in [-0.15, -0.1) is 0 Å². The molecule has 127 heavy (non-hydrogen) atoms. The van der Waals surface area contributed by atoms with Crippen LogP contribution in [0.2, 0.25) is 0 Å². The second-order valence-corrected chi connectivity index (χ2v) is 34.6. The summed E-state index contributed by atoms with van der Waals surface area (Å²) in [5, 5.41) is 18.2. The third-order valence-corrected chi connectivity index (χ3v) is 25.0. The van der Waals surface area contributed by atoms with Gasteiger partial charge in [0.15, 0.2) is 0 Å². The van der Waals surface area contributed by atoms with Crippen LogP contribution in [0.5, 0.6) is 0 Å². The lowest BCUT2D eigenvalue weighted by Crippen LogP contribution is -2.31. The molecule has 0 heterocycles. The standard InChI is InChI=1S/C81H60.C25H16Br4.C14H13BO2/c1-9-25-65(26-10-1)77(66-27-11-2-12-28-66)57-61-41-49-73(50-42-61)81(74-51-43-62(44-52-74)58-78(67-29-13-3-14-30-67)68-31-15-4-16-32-68,75-53-45-63(46-54-75)59-79(69-33-17-5-18-34-69)70-35-19-6-20-36-70)76-55-47-64(48-56-76)60-80(71-37-21-7-22-38-71)72-39-23-8-24-40-72;26-21-9-1-17(2-10-21)25(18-3-11-22(27)12-4-18,19-5-13-23(28)14-6-19)20-7-15-24(29)16-8-20;16-15(17)11-14(12-7-3-1-4-8-12)13-9-5-2-6-10-13/h1-60H;1-16H;1-11,16-17H. The van der Waals surface area contributed by atoms with Gasteiger partial charge in [-0.1, -0.05) is 513 Å². The van der Waals surface area contributed by atoms with Gasteiger partial charge in [0.05, 0.1) is 10.8 Å². The highest BCUT2D eigenvalue weighted by molar-refractivity contribution is 9.11. The van der Waals surface area contributed by atoms with E-state index in [1.165, 1.54) is 95.0 Å². The summed E-state index contributed by atoms with van der Waals surface area (Å²) in [7, 11) is -1.45. The zero-order valence-corrected chi connectivity index (χ0v) is 76.1. The zero-order valence-electron chi connectivity index (χ0n) is 69.7. The normalized spacial score (nSPS) is 10.9. The summed E-state index contributed by atoms with van der Waals surface area (Å²) < 4.78 is 4.27. The van der Waals surface area contributed by atoms with Gasteiger partial charge in [-0.2, -0.15) is 0 Å². The number of hydrogen-bond acceptors (Lipinski definition) is 2. The second-order valence-electron chi connectivity index (χ2n) is 30.9. The molecule has 2 nitrogen and oxygen atoms in total. The molecule has 0 unspecified atom stereocenters. The van der Waals surface area contributed by atoms with Crippen molar-refractivity contribution in [1.29, 1.82) is 0 Å². The van der Waals surface area contributed by atoms with E-state index in [4.69, 9.17) is 10.0 Å². The monoisotopic (exact) mass is 1890 g/mol. The molecule has 0 amide bonds. The van der Waals surface area contributed by atoms with Gasteiger partial charge in [0, 0.05) is 17.9 Å². The first-order chi connectivity index (χ1) is 62.4. The molecule has 18 rings (SSSR count). The maximum Gasteiger partial charge on any atom is 0.481 e. The fourth-order valence-corrected chi connectivity index (χ4v) is 17.9. The van der Waals surface area contributed by atoms with E-state index >= 15 is 0 Å². The van der Waals surface area contributed by atoms with Crippen molar-refractivity contribution in [3.8, 4) is 0 Å². The molecule has 0 spiro atoms. The minimum atomic E-state index is -1.45. The third-order valence-electron chi connectivity index (χ3n) is 22.9. The van der Waals surface area contributed by atoms with Crippen molar-refractivity contribution >= 4 is 123 Å². The van der Waals surface area contributed by atoms with Crippen molar-refractivity contribution in [3.63, 3.8) is 0 Å². The lowest BCUT2D eigenvalue weighted by Gasteiger charge is -2.37. The van der Waals surface area contributed by atoms with Crippen molar-refractivity contribution < 1.29 is 10.0 Å². The molecule has 0 atom stereocenters. The second kappa shape index (κ2) is 42.5. The Morgan fingerprint density at radius 2 is 0.291 bits per heavy atom. The highest BCUT2D eigenvalue weighted by Gasteiger charge is 2.40. The highest BCUT2D eigenvalue weighted by atomic mass is 79.9. The maximum atomic E-state index is 9.12. The highest BCUT2D eigenvalue weighted by Crippen LogP contribution is 2.49. The van der Waals surface area contributed by atoms with Crippen LogP contribution in [0, 0.1) is 0 Å². The predicted molar refractivity (Wildman–Crippen MR) is 550 cm³/mol. The maximum absolute atomic E-state index is 9.12. The average Bonchev–Trinajstić information content (AvgIpc) is 0.738. The van der Waals surface area contributed by atoms with Gasteiger partial charge >= 0.3 is 7.12 Å². The summed E-state index contributed by atoms with van der Waals surface area (Å²) in [5.74, 6) is 1.44. The Bertz CT molecular complexity index is 5760. The summed E-state index contributed by atoms with van der Waals surface area (Å²) >= 11 is 14.4. The first-order valence-corrected chi connectivity index (χ1v) is 45.6. The van der Waals surface area contributed by atoms with Gasteiger partial charge in [-0.05, 0) is 229 Å². The fourth-order valence-electron chi connectivity index (χ4n) is 16.8. The molecule has 0 bridgehead atoms. The lowest BCUT2D eigenvalue weighted by atomic mass is 9.64. The molecule has 0 fully saturated rings. The zero-order chi connectivity index (χ0) is 87.0. The molecule has 18 aromatic carbocycles. The minimum absolute atomic E-state index is 0.442. The Morgan fingerprint density at radius 1 is 0.165 bits per heavy atom. The Balaban J connectivity index is 0.000000208. The summed E-state index contributed by atoms with van der Waals surface area (Å²) in [6, 6.07) is 177. The van der Waals surface area contributed by atoms with E-state index < -0.39 is 17.9 Å². The quantitative estimate of drug-likeness (QED) is 0.0381. The van der Waals surface area contributed by atoms with Crippen LogP contribution in [0.15, 0.2) is 521 Å². The van der Waals surface area contributed by atoms with E-state index in [9.17, 15) is 0 Å². The van der Waals surface area contributed by atoms with Gasteiger partial charge in [0.2, 0.25) is 0 Å². The van der Waals surface area contributed by atoms with Crippen LogP contribution in [0.25, 0.3) is 52.2 Å². The van der Waals surface area contributed by atoms with E-state index in [1.807, 2.05) is 60.7 Å². The largest absolute Gasteiger partial charge is 0.481 e. The molecule has 7 heteroatoms. The van der Waals surface area contributed by atoms with Crippen LogP contribution in [0.1, 0.15) is 122 Å². The summed E-state index contributed by atoms with van der Waals surface area (Å²) in [4.78, 5) is 0. The predicted octanol–water partition coefficient (Wildman–Crippen LogP) is 31.7. The summed E-state index contributed by atoms with van der Waals surface area (Å²) in [5.41, 5.74) is 29.6. The van der Waals surface area contributed by atoms with Crippen molar-refractivity contribution in [3.05, 3.63) is 644 Å². The van der Waals surface area contributed by atoms with Crippen LogP contribution >= 0.6 is 63.7 Å². The molecular weight excluding hydrogens is 1800 g/mol. The molecule has 0 radical (unpaired) electrons. The van der Waals surface area contributed by atoms with Gasteiger partial charge in [-0.25, -0.2) is 0 Å². The van der Waals surface area contributed by atoms with Crippen LogP contribution in [0.3, 0.4) is 0 Å². The van der Waals surface area contributed by atoms with E-state index in [0.717, 1.165) is 79.1 Å². The van der Waals surface area contributed by atoms with E-state index in [2.05, 4.69) is 525 Å². The third kappa shape index (κ3) is 21.2. The van der Waals surface area contributed by atoms with Crippen LogP contribution in [0.4, 0.5) is 0 Å². The lowest BCUT2D eigenvalue weighted by molar-refractivity contribution is 0.424. The molecular formula is C120H89BBr4O2. The molecule has 0 aliphatic heterocycles. The Kier molecular flexibility index (Phi) is 29.1. The molecule has 0 aromatic heterocycles. The summed E-state index contributed by atoms with van der Waals surface area (Å²) in [6.45, 7) is 0. The first kappa shape index (κ1) is 87.1. The van der Waals surface area contributed by atoms with Gasteiger partial charge < -0.3 is 10.0 Å². The van der Waals surface area contributed by atoms with Crippen molar-refractivity contribution in [2.45, 2.75) is 10.8 Å². The molecule has 0 aliphatic carbocycles. The van der Waals surface area contributed by atoms with Crippen LogP contribution in [-0.4, -0.2) is 17.2 Å². The van der Waals surface area contributed by atoms with Crippen molar-refractivity contribution in [2.24, 2.45) is 0 Å². The average molecular weight is 1890 g/mol. The number of rotatable bonds is 23. The van der Waals surface area contributed by atoms with Gasteiger partial charge in [-0.3, -0.25) is 0 Å². The van der Waals surface area contributed by atoms with Gasteiger partial charge in [0.1, 0.15) is 0 Å². The molecule has 612 valence electrons. The summed E-state index contributed by atoms with van der Waals surface area (Å²) in [6.07, 6.45) is 9.30. The van der Waals surface area contributed by atoms with Crippen molar-refractivity contribution in [2.75, 3.05) is 0 Å². The minimum Gasteiger partial charge on any atom is -0.424 e. The Morgan fingerprint density at radius 3 is 0.425 bits per heavy atom. The van der Waals surface area contributed by atoms with Crippen LogP contribution in [-0.2, 0) is 10.8 Å².